The zero-order valence-electron chi connectivity index (χ0n) is 17.7. The van der Waals surface area contributed by atoms with Crippen molar-refractivity contribution in [1.29, 1.82) is 0 Å². The summed E-state index contributed by atoms with van der Waals surface area (Å²) < 4.78 is 5.51. The standard InChI is InChI=1S/C23H33N3O3/c1-14-20-10-17-6-7-18(29-3)11-19(17)23(14,8-9-26(20)13-16-4-5-16)12-21(27)25-15(2)22(24)28/h6-7,11,14-16,20H,4-5,8-10,12-13H2,1-3H3,(H2,24,28)(H,25,27)/t14-,15?,20?,23+/m0/s1. The van der Waals surface area contributed by atoms with Gasteiger partial charge >= 0.3 is 0 Å². The van der Waals surface area contributed by atoms with Gasteiger partial charge in [0.15, 0.2) is 0 Å². The molecule has 2 aliphatic carbocycles. The fourth-order valence-corrected chi connectivity index (χ4v) is 5.51. The highest BCUT2D eigenvalue weighted by molar-refractivity contribution is 5.86. The van der Waals surface area contributed by atoms with E-state index in [1.807, 2.05) is 6.07 Å². The van der Waals surface area contributed by atoms with Crippen LogP contribution >= 0.6 is 0 Å². The minimum Gasteiger partial charge on any atom is -0.497 e. The van der Waals surface area contributed by atoms with Crippen LogP contribution in [0.1, 0.15) is 50.7 Å². The van der Waals surface area contributed by atoms with Crippen molar-refractivity contribution in [3.63, 3.8) is 0 Å². The molecular formula is C23H33N3O3. The molecule has 6 heteroatoms. The lowest BCUT2D eigenvalue weighted by atomic mass is 9.56. The Hall–Kier alpha value is -2.08. The van der Waals surface area contributed by atoms with E-state index in [4.69, 9.17) is 10.5 Å². The Morgan fingerprint density at radius 2 is 2.14 bits per heavy atom. The van der Waals surface area contributed by atoms with Crippen molar-refractivity contribution in [1.82, 2.24) is 10.2 Å². The van der Waals surface area contributed by atoms with Gasteiger partial charge < -0.3 is 15.8 Å². The topological polar surface area (TPSA) is 84.7 Å². The number of nitrogens with one attached hydrogen (secondary N) is 1. The number of likely N-dealkylation sites (tertiary alicyclic amines) is 1. The number of amides is 2. The Balaban J connectivity index is 1.67. The molecule has 0 aromatic heterocycles. The summed E-state index contributed by atoms with van der Waals surface area (Å²) in [5, 5.41) is 2.80. The second kappa shape index (κ2) is 7.63. The molecule has 4 atom stereocenters. The summed E-state index contributed by atoms with van der Waals surface area (Å²) in [5.74, 6) is 1.43. The molecule has 6 nitrogen and oxygen atoms in total. The van der Waals surface area contributed by atoms with E-state index in [0.29, 0.717) is 18.4 Å². The minimum atomic E-state index is -0.659. The van der Waals surface area contributed by atoms with Crippen molar-refractivity contribution in [3.05, 3.63) is 29.3 Å². The summed E-state index contributed by atoms with van der Waals surface area (Å²) in [7, 11) is 1.68. The molecule has 1 aromatic carbocycles. The first-order chi connectivity index (χ1) is 13.8. The van der Waals surface area contributed by atoms with Crippen LogP contribution in [0.15, 0.2) is 18.2 Å². The van der Waals surface area contributed by atoms with Crippen LogP contribution in [0.25, 0.3) is 0 Å². The molecule has 29 heavy (non-hydrogen) atoms. The van der Waals surface area contributed by atoms with Crippen LogP contribution in [0, 0.1) is 11.8 Å². The first kappa shape index (κ1) is 20.2. The zero-order valence-corrected chi connectivity index (χ0v) is 17.7. The van der Waals surface area contributed by atoms with Gasteiger partial charge in [-0.15, -0.1) is 0 Å². The lowest BCUT2D eigenvalue weighted by Gasteiger charge is -2.56. The Morgan fingerprint density at radius 1 is 1.38 bits per heavy atom. The third-order valence-electron chi connectivity index (χ3n) is 7.52. The molecule has 1 heterocycles. The van der Waals surface area contributed by atoms with Crippen LogP contribution in [0.4, 0.5) is 0 Å². The van der Waals surface area contributed by atoms with Gasteiger partial charge in [0.1, 0.15) is 11.8 Å². The molecule has 2 fully saturated rings. The Morgan fingerprint density at radius 3 is 2.79 bits per heavy atom. The molecule has 1 saturated carbocycles. The summed E-state index contributed by atoms with van der Waals surface area (Å²) in [6, 6.07) is 6.12. The first-order valence-electron chi connectivity index (χ1n) is 10.8. The number of methoxy groups -OCH3 is 1. The predicted octanol–water partition coefficient (Wildman–Crippen LogP) is 1.99. The molecule has 0 spiro atoms. The van der Waals surface area contributed by atoms with Gasteiger partial charge in [0, 0.05) is 24.4 Å². The molecular weight excluding hydrogens is 366 g/mol. The highest BCUT2D eigenvalue weighted by Crippen LogP contribution is 2.52. The van der Waals surface area contributed by atoms with Crippen molar-refractivity contribution in [2.75, 3.05) is 20.2 Å². The van der Waals surface area contributed by atoms with Gasteiger partial charge in [0.25, 0.3) is 0 Å². The summed E-state index contributed by atoms with van der Waals surface area (Å²) in [5.41, 5.74) is 7.68. The summed E-state index contributed by atoms with van der Waals surface area (Å²) in [6.45, 7) is 6.14. The van der Waals surface area contributed by atoms with Crippen LogP contribution < -0.4 is 15.8 Å². The fourth-order valence-electron chi connectivity index (χ4n) is 5.51. The van der Waals surface area contributed by atoms with Gasteiger partial charge in [-0.05, 0) is 74.2 Å². The smallest absolute Gasteiger partial charge is 0.239 e. The van der Waals surface area contributed by atoms with Crippen LogP contribution in [-0.4, -0.2) is 49.0 Å². The van der Waals surface area contributed by atoms with Gasteiger partial charge in [-0.25, -0.2) is 0 Å². The second-order valence-corrected chi connectivity index (χ2v) is 9.30. The molecule has 1 saturated heterocycles. The zero-order chi connectivity index (χ0) is 20.8. The number of carbonyl (C=O) groups is 2. The molecule has 4 rings (SSSR count). The van der Waals surface area contributed by atoms with Crippen LogP contribution in [-0.2, 0) is 21.4 Å². The maximum absolute atomic E-state index is 12.9. The lowest BCUT2D eigenvalue weighted by molar-refractivity contribution is -0.129. The maximum Gasteiger partial charge on any atom is 0.239 e. The number of primary amides is 1. The van der Waals surface area contributed by atoms with Crippen LogP contribution in [0.5, 0.6) is 5.75 Å². The maximum atomic E-state index is 12.9. The third-order valence-corrected chi connectivity index (χ3v) is 7.52. The van der Waals surface area contributed by atoms with Crippen molar-refractivity contribution in [2.45, 2.75) is 63.5 Å². The quantitative estimate of drug-likeness (QED) is 0.734. The number of nitrogens with two attached hydrogens (primary N) is 1. The number of fused-ring (bicyclic) bond motifs is 4. The third kappa shape index (κ3) is 3.75. The Bertz CT molecular complexity index is 807. The molecule has 0 radical (unpaired) electrons. The van der Waals surface area contributed by atoms with Crippen molar-refractivity contribution >= 4 is 11.8 Å². The largest absolute Gasteiger partial charge is 0.497 e. The number of hydrogen-bond donors (Lipinski definition) is 2. The summed E-state index contributed by atoms with van der Waals surface area (Å²) in [4.78, 5) is 27.0. The molecule has 1 aromatic rings. The van der Waals surface area contributed by atoms with Gasteiger partial charge in [-0.3, -0.25) is 14.5 Å². The summed E-state index contributed by atoms with van der Waals surface area (Å²) >= 11 is 0. The fraction of sp³-hybridized carbons (Fsp3) is 0.652. The minimum absolute atomic E-state index is 0.104. The van der Waals surface area contributed by atoms with Crippen LogP contribution in [0.2, 0.25) is 0 Å². The van der Waals surface area contributed by atoms with Crippen molar-refractivity contribution < 1.29 is 14.3 Å². The van der Waals surface area contributed by atoms with E-state index in [9.17, 15) is 9.59 Å². The van der Waals surface area contributed by atoms with Gasteiger partial charge in [-0.2, -0.15) is 0 Å². The normalized spacial score (nSPS) is 29.6. The number of benzene rings is 1. The summed E-state index contributed by atoms with van der Waals surface area (Å²) in [6.07, 6.45) is 5.04. The van der Waals surface area contributed by atoms with E-state index in [0.717, 1.165) is 31.1 Å². The van der Waals surface area contributed by atoms with Crippen LogP contribution in [0.3, 0.4) is 0 Å². The van der Waals surface area contributed by atoms with E-state index in [1.165, 1.54) is 30.5 Å². The number of nitrogens with zero attached hydrogens (tertiary/aromatic N) is 1. The molecule has 3 aliphatic rings. The molecule has 3 N–H and O–H groups in total. The van der Waals surface area contributed by atoms with Gasteiger partial charge in [0.2, 0.25) is 11.8 Å². The number of carbonyl (C=O) groups excluding carboxylic acids is 2. The number of ether oxygens (including phenoxy) is 1. The molecule has 2 amide bonds. The Labute approximate surface area is 173 Å². The molecule has 158 valence electrons. The van der Waals surface area contributed by atoms with E-state index in [2.05, 4.69) is 29.3 Å². The first-order valence-corrected chi connectivity index (χ1v) is 10.8. The van der Waals surface area contributed by atoms with Crippen molar-refractivity contribution in [3.8, 4) is 5.75 Å². The second-order valence-electron chi connectivity index (χ2n) is 9.30. The van der Waals surface area contributed by atoms with Gasteiger partial charge in [0.05, 0.1) is 7.11 Å². The predicted molar refractivity (Wildman–Crippen MR) is 112 cm³/mol. The monoisotopic (exact) mass is 399 g/mol. The average Bonchev–Trinajstić information content (AvgIpc) is 3.50. The number of hydrogen-bond acceptors (Lipinski definition) is 4. The molecule has 2 bridgehead atoms. The Kier molecular flexibility index (Phi) is 5.32. The molecule has 1 aliphatic heterocycles. The average molecular weight is 400 g/mol. The lowest BCUT2D eigenvalue weighted by Crippen LogP contribution is -2.60. The van der Waals surface area contributed by atoms with Gasteiger partial charge in [-0.1, -0.05) is 13.0 Å². The van der Waals surface area contributed by atoms with E-state index in [-0.39, 0.29) is 11.3 Å². The molecule has 2 unspecified atom stereocenters. The highest BCUT2D eigenvalue weighted by atomic mass is 16.5. The van der Waals surface area contributed by atoms with E-state index >= 15 is 0 Å². The van der Waals surface area contributed by atoms with E-state index in [1.54, 1.807) is 14.0 Å². The SMILES string of the molecule is COc1ccc2c(c1)[C@@]1(CC(=O)NC(C)C(N)=O)CCN(CC3CC3)C(C2)[C@@H]1C. The van der Waals surface area contributed by atoms with Crippen molar-refractivity contribution in [2.24, 2.45) is 17.6 Å². The van der Waals surface area contributed by atoms with E-state index < -0.39 is 11.9 Å². The number of piperidine rings is 1. The highest BCUT2D eigenvalue weighted by Gasteiger charge is 2.52. The number of rotatable bonds is 7.